The highest BCUT2D eigenvalue weighted by atomic mass is 16.3. The summed E-state index contributed by atoms with van der Waals surface area (Å²) in [4.78, 5) is 4.01. The molecule has 500 valence electrons. The van der Waals surface area contributed by atoms with Crippen molar-refractivity contribution in [3.63, 3.8) is 0 Å². The van der Waals surface area contributed by atoms with E-state index < -0.39 is 0 Å². The average molecular weight is 1380 g/mol. The van der Waals surface area contributed by atoms with Crippen LogP contribution in [0.4, 0.5) is 5.69 Å². The molecule has 10 heteroatoms. The first-order chi connectivity index (χ1) is 53.5. The van der Waals surface area contributed by atoms with Gasteiger partial charge in [-0.1, -0.05) is 188 Å². The number of nitrogens with zero attached hydrogens (tertiary/aromatic N) is 6. The fourth-order valence-electron chi connectivity index (χ4n) is 17.7. The van der Waals surface area contributed by atoms with Crippen molar-refractivity contribution < 1.29 is 17.7 Å². The Morgan fingerprint density at radius 3 is 1.19 bits per heavy atom. The molecule has 0 aliphatic carbocycles. The summed E-state index contributed by atoms with van der Waals surface area (Å²) in [7, 11) is 0. The Morgan fingerprint density at radius 2 is 0.648 bits per heavy atom. The lowest BCUT2D eigenvalue weighted by atomic mass is 10.0. The van der Waals surface area contributed by atoms with Crippen LogP contribution in [0.1, 0.15) is 5.56 Å². The molecule has 24 aromatic rings. The number of rotatable bonds is 6. The number of fused-ring (bicyclic) bond motifs is 28. The zero-order chi connectivity index (χ0) is 71.0. The highest BCUT2D eigenvalue weighted by molar-refractivity contribution is 6.30. The number of nitriles is 1. The molecular weight excluding hydrogens is 1330 g/mol. The Morgan fingerprint density at radius 1 is 0.250 bits per heavy atom. The van der Waals surface area contributed by atoms with Crippen molar-refractivity contribution in [2.75, 3.05) is 0 Å². The molecule has 0 spiro atoms. The average Bonchev–Trinajstić information content (AvgIpc) is 1.58. The lowest BCUT2D eigenvalue weighted by molar-refractivity contribution is 0.669. The van der Waals surface area contributed by atoms with E-state index in [2.05, 4.69) is 284 Å². The lowest BCUT2D eigenvalue weighted by Crippen LogP contribution is -1.98. The molecule has 10 nitrogen and oxygen atoms in total. The minimum absolute atomic E-state index is 0.588. The maximum Gasteiger partial charge on any atom is 0.210 e. The Labute approximate surface area is 613 Å². The fraction of sp³-hybridized carbons (Fsp3) is 0. The molecule has 0 amide bonds. The monoisotopic (exact) mass is 1380 g/mol. The standard InChI is InChI=1S/2C49H27N3O2/c1-50-38-25-20-30(28-43(38)52-40-15-7-3-13-37(40)47-42(52)27-24-35-33-11-5-9-17-45(33)54-49(35)47)29-18-21-31(22-19-29)51-39-14-6-2-12-36(39)46-41(51)26-23-34-32-10-4-8-16-44(32)53-48(34)46;50-28-31-26-30(20-21-37(31)52-39-17-6-2-13-34(39)47-41(52)23-25-45-49(47)36-15-4-8-19-43(36)54-45)29-10-9-11-32(27-29)51-38-16-5-1-12-33(38)46-40(51)22-24-44-48(46)35-14-3-7-18-42(35)53-44/h2-28H;1-27H. The molecule has 0 aliphatic heterocycles. The van der Waals surface area contributed by atoms with Gasteiger partial charge in [0.1, 0.15) is 50.7 Å². The number of para-hydroxylation sites is 8. The largest absolute Gasteiger partial charge is 0.456 e. The molecular formula is C98H54N6O4. The van der Waals surface area contributed by atoms with Crippen LogP contribution >= 0.6 is 0 Å². The third kappa shape index (κ3) is 8.45. The zero-order valence-electron chi connectivity index (χ0n) is 57.5. The molecule has 0 radical (unpaired) electrons. The van der Waals surface area contributed by atoms with E-state index >= 15 is 0 Å². The van der Waals surface area contributed by atoms with Crippen LogP contribution in [-0.2, 0) is 0 Å². The second-order valence-electron chi connectivity index (χ2n) is 27.9. The third-order valence-corrected chi connectivity index (χ3v) is 22.3. The highest BCUT2D eigenvalue weighted by Crippen LogP contribution is 2.48. The summed E-state index contributed by atoms with van der Waals surface area (Å²) in [6.07, 6.45) is 0. The van der Waals surface area contributed by atoms with Gasteiger partial charge < -0.3 is 35.9 Å². The van der Waals surface area contributed by atoms with Gasteiger partial charge >= 0.3 is 0 Å². The van der Waals surface area contributed by atoms with Gasteiger partial charge in [0, 0.05) is 86.8 Å². The van der Waals surface area contributed by atoms with Gasteiger partial charge in [0.2, 0.25) is 5.69 Å². The summed E-state index contributed by atoms with van der Waals surface area (Å²) in [6, 6.07) is 116. The number of benzene rings is 16. The van der Waals surface area contributed by atoms with Crippen LogP contribution in [-0.4, -0.2) is 18.3 Å². The van der Waals surface area contributed by atoms with Gasteiger partial charge in [0.25, 0.3) is 0 Å². The van der Waals surface area contributed by atoms with Gasteiger partial charge in [0.15, 0.2) is 0 Å². The smallest absolute Gasteiger partial charge is 0.210 e. The second-order valence-corrected chi connectivity index (χ2v) is 27.9. The summed E-state index contributed by atoms with van der Waals surface area (Å²) in [5, 5.41) is 28.6. The van der Waals surface area contributed by atoms with E-state index in [1.54, 1.807) is 0 Å². The summed E-state index contributed by atoms with van der Waals surface area (Å²) >= 11 is 0. The quantitative estimate of drug-likeness (QED) is 0.154. The SMILES string of the molecule is N#Cc1cc(-c2cccc(-n3c4ccccc4c4c5c(ccc43)oc3ccccc35)c2)ccc1-n1c2ccccc2c2c3c(ccc21)oc1ccccc13.[C-]#[N+]c1ccc(-c2ccc(-n3c4ccccc4c4c5oc6ccccc6c5ccc43)cc2)cc1-n1c2ccccc2c2c3oc4ccccc4c3ccc21. The first kappa shape index (κ1) is 59.4. The third-order valence-electron chi connectivity index (χ3n) is 22.3. The lowest BCUT2D eigenvalue weighted by Gasteiger charge is -2.13. The number of hydrogen-bond acceptors (Lipinski definition) is 5. The zero-order valence-corrected chi connectivity index (χ0v) is 57.5. The summed E-state index contributed by atoms with van der Waals surface area (Å²) in [5.41, 5.74) is 24.7. The van der Waals surface area contributed by atoms with E-state index in [0.29, 0.717) is 11.3 Å². The molecule has 8 heterocycles. The fourth-order valence-corrected chi connectivity index (χ4v) is 17.7. The molecule has 16 aromatic carbocycles. The molecule has 108 heavy (non-hydrogen) atoms. The van der Waals surface area contributed by atoms with Gasteiger partial charge in [-0.2, -0.15) is 5.26 Å². The van der Waals surface area contributed by atoms with E-state index in [1.165, 1.54) is 10.8 Å². The van der Waals surface area contributed by atoms with Crippen molar-refractivity contribution in [2.24, 2.45) is 0 Å². The summed E-state index contributed by atoms with van der Waals surface area (Å²) in [5.74, 6) is 0. The number of hydrogen-bond donors (Lipinski definition) is 0. The summed E-state index contributed by atoms with van der Waals surface area (Å²) < 4.78 is 34.7. The second kappa shape index (κ2) is 22.7. The van der Waals surface area contributed by atoms with Crippen molar-refractivity contribution in [1.82, 2.24) is 18.3 Å². The van der Waals surface area contributed by atoms with E-state index in [4.69, 9.17) is 24.2 Å². The van der Waals surface area contributed by atoms with E-state index in [0.717, 1.165) is 209 Å². The Kier molecular flexibility index (Phi) is 12.5. The molecule has 0 saturated heterocycles. The maximum atomic E-state index is 10.7. The van der Waals surface area contributed by atoms with Gasteiger partial charge in [-0.15, -0.1) is 0 Å². The first-order valence-electron chi connectivity index (χ1n) is 36.1. The van der Waals surface area contributed by atoms with Crippen molar-refractivity contribution in [1.29, 1.82) is 5.26 Å². The molecule has 0 N–H and O–H groups in total. The number of furan rings is 4. The Balaban J connectivity index is 0.000000130. The van der Waals surface area contributed by atoms with Gasteiger partial charge in [-0.25, -0.2) is 4.85 Å². The van der Waals surface area contributed by atoms with Crippen LogP contribution in [0.3, 0.4) is 0 Å². The molecule has 0 bridgehead atoms. The minimum Gasteiger partial charge on any atom is -0.456 e. The molecule has 0 saturated carbocycles. The topological polar surface area (TPSA) is 100 Å². The van der Waals surface area contributed by atoms with Crippen molar-refractivity contribution in [2.45, 2.75) is 0 Å². The van der Waals surface area contributed by atoms with E-state index in [9.17, 15) is 5.26 Å². The molecule has 0 aliphatic rings. The first-order valence-corrected chi connectivity index (χ1v) is 36.1. The van der Waals surface area contributed by atoms with Crippen LogP contribution in [0.2, 0.25) is 0 Å². The molecule has 0 unspecified atom stereocenters. The predicted octanol–water partition coefficient (Wildman–Crippen LogP) is 27.1. The van der Waals surface area contributed by atoms with Crippen molar-refractivity contribution in [3.8, 4) is 51.1 Å². The van der Waals surface area contributed by atoms with Crippen LogP contribution in [0.25, 0.3) is 225 Å². The maximum absolute atomic E-state index is 10.7. The number of aromatic nitrogens is 4. The molecule has 24 rings (SSSR count). The van der Waals surface area contributed by atoms with Crippen LogP contribution in [0.5, 0.6) is 0 Å². The normalized spacial score (nSPS) is 12.1. The van der Waals surface area contributed by atoms with Crippen molar-refractivity contribution in [3.05, 3.63) is 345 Å². The van der Waals surface area contributed by atoms with Gasteiger partial charge in [0.05, 0.1) is 78.4 Å². The minimum atomic E-state index is 0.588. The molecule has 0 atom stereocenters. The predicted molar refractivity (Wildman–Crippen MR) is 441 cm³/mol. The van der Waals surface area contributed by atoms with Crippen LogP contribution < -0.4 is 0 Å². The Hall–Kier alpha value is -15.1. The van der Waals surface area contributed by atoms with Crippen molar-refractivity contribution >= 4 is 181 Å². The summed E-state index contributed by atoms with van der Waals surface area (Å²) in [6.45, 7) is 8.19. The van der Waals surface area contributed by atoms with Gasteiger partial charge in [-0.05, 0) is 162 Å². The van der Waals surface area contributed by atoms with E-state index in [1.807, 2.05) is 72.8 Å². The molecule has 0 fully saturated rings. The highest BCUT2D eigenvalue weighted by Gasteiger charge is 2.26. The molecule has 8 aromatic heterocycles. The van der Waals surface area contributed by atoms with Crippen LogP contribution in [0.15, 0.2) is 345 Å². The van der Waals surface area contributed by atoms with Gasteiger partial charge in [-0.3, -0.25) is 0 Å². The Bertz CT molecular complexity index is 8110. The van der Waals surface area contributed by atoms with Crippen LogP contribution in [0, 0.1) is 17.9 Å². The van der Waals surface area contributed by atoms with E-state index in [-0.39, 0.29) is 0 Å².